The molecule has 0 aliphatic heterocycles. The Hall–Kier alpha value is -5.06. The number of hydrogen-bond donors (Lipinski definition) is 3. The van der Waals surface area contributed by atoms with Gasteiger partial charge in [0.25, 0.3) is 0 Å². The molecule has 0 aliphatic carbocycles. The molecule has 0 saturated heterocycles. The van der Waals surface area contributed by atoms with Gasteiger partial charge in [0.15, 0.2) is 0 Å². The lowest BCUT2D eigenvalue weighted by Crippen LogP contribution is -2.53. The number of methoxy groups -OCH3 is 1. The maximum absolute atomic E-state index is 13.5. The molecule has 0 aromatic heterocycles. The van der Waals surface area contributed by atoms with Crippen LogP contribution in [0.15, 0.2) is 84.9 Å². The molecular weight excluding hydrogens is 602 g/mol. The van der Waals surface area contributed by atoms with Crippen molar-refractivity contribution in [1.29, 1.82) is 0 Å². The number of nitrogens with one attached hydrogen (secondary N) is 3. The summed E-state index contributed by atoms with van der Waals surface area (Å²) in [5.41, 5.74) is 1.89. The zero-order chi connectivity index (χ0) is 34.1. The highest BCUT2D eigenvalue weighted by atomic mass is 16.6. The van der Waals surface area contributed by atoms with Gasteiger partial charge in [-0.15, -0.1) is 0 Å². The molecule has 47 heavy (non-hydrogen) atoms. The van der Waals surface area contributed by atoms with Gasteiger partial charge in [0.2, 0.25) is 5.91 Å². The van der Waals surface area contributed by atoms with Crippen LogP contribution in [-0.4, -0.2) is 55.4 Å². The average Bonchev–Trinajstić information content (AvgIpc) is 3.05. The van der Waals surface area contributed by atoms with E-state index < -0.39 is 41.7 Å². The van der Waals surface area contributed by atoms with Gasteiger partial charge in [0.1, 0.15) is 36.6 Å². The monoisotopic (exact) mass is 647 g/mol. The number of carbonyl (C=O) groups is 4. The molecule has 0 saturated carbocycles. The first kappa shape index (κ1) is 36.4. The van der Waals surface area contributed by atoms with E-state index in [-0.39, 0.29) is 19.4 Å². The zero-order valence-corrected chi connectivity index (χ0v) is 27.5. The van der Waals surface area contributed by atoms with Gasteiger partial charge in [-0.25, -0.2) is 14.4 Å². The SMILES string of the molecule is COC(=O)[C@H](CCCCNC(=O)OCc1ccccc1)NC(=O)[C@H](Cc1ccc(OCc2ccccc2)cc1)NC(=O)OC(C)(C)C. The summed E-state index contributed by atoms with van der Waals surface area (Å²) in [5, 5.41) is 8.05. The first-order valence-corrected chi connectivity index (χ1v) is 15.6. The van der Waals surface area contributed by atoms with Crippen molar-refractivity contribution in [2.75, 3.05) is 13.7 Å². The number of hydrogen-bond acceptors (Lipinski definition) is 8. The van der Waals surface area contributed by atoms with Crippen LogP contribution < -0.4 is 20.7 Å². The minimum absolute atomic E-state index is 0.132. The number of esters is 1. The van der Waals surface area contributed by atoms with E-state index in [9.17, 15) is 19.2 Å². The molecule has 0 radical (unpaired) electrons. The number of benzene rings is 3. The van der Waals surface area contributed by atoms with Crippen molar-refractivity contribution in [2.24, 2.45) is 0 Å². The molecule has 0 unspecified atom stereocenters. The lowest BCUT2D eigenvalue weighted by Gasteiger charge is -2.25. The fourth-order valence-electron chi connectivity index (χ4n) is 4.46. The summed E-state index contributed by atoms with van der Waals surface area (Å²) in [5.74, 6) is -0.536. The van der Waals surface area contributed by atoms with Crippen molar-refractivity contribution in [3.8, 4) is 5.75 Å². The van der Waals surface area contributed by atoms with Crippen molar-refractivity contribution in [1.82, 2.24) is 16.0 Å². The molecule has 3 aromatic rings. The van der Waals surface area contributed by atoms with Gasteiger partial charge in [-0.1, -0.05) is 72.8 Å². The Morgan fingerprint density at radius 2 is 1.32 bits per heavy atom. The second-order valence-corrected chi connectivity index (χ2v) is 11.9. The molecular formula is C36H45N3O8. The third kappa shape index (κ3) is 14.3. The molecule has 252 valence electrons. The van der Waals surface area contributed by atoms with Crippen LogP contribution in [0.1, 0.15) is 56.7 Å². The third-order valence-corrected chi connectivity index (χ3v) is 6.82. The second-order valence-electron chi connectivity index (χ2n) is 11.9. The van der Waals surface area contributed by atoms with Crippen LogP contribution in [0.2, 0.25) is 0 Å². The van der Waals surface area contributed by atoms with Crippen molar-refractivity contribution >= 4 is 24.1 Å². The number of alkyl carbamates (subject to hydrolysis) is 2. The molecule has 3 N–H and O–H groups in total. The van der Waals surface area contributed by atoms with E-state index in [4.69, 9.17) is 18.9 Å². The van der Waals surface area contributed by atoms with Crippen LogP contribution in [0.25, 0.3) is 0 Å². The van der Waals surface area contributed by atoms with Crippen LogP contribution in [-0.2, 0) is 43.4 Å². The van der Waals surface area contributed by atoms with Crippen LogP contribution >= 0.6 is 0 Å². The molecule has 0 heterocycles. The maximum Gasteiger partial charge on any atom is 0.408 e. The van der Waals surface area contributed by atoms with Crippen LogP contribution in [0, 0.1) is 0 Å². The predicted molar refractivity (Wildman–Crippen MR) is 177 cm³/mol. The van der Waals surface area contributed by atoms with Gasteiger partial charge in [-0.2, -0.15) is 0 Å². The van der Waals surface area contributed by atoms with Crippen molar-refractivity contribution in [3.63, 3.8) is 0 Å². The third-order valence-electron chi connectivity index (χ3n) is 6.82. The largest absolute Gasteiger partial charge is 0.489 e. The van der Waals surface area contributed by atoms with Crippen LogP contribution in [0.3, 0.4) is 0 Å². The standard InChI is InChI=1S/C36H45N3O8/c1-36(2,3)47-35(43)39-31(23-26-18-20-29(21-19-26)45-24-27-13-7-5-8-14-27)32(40)38-30(33(41)44-4)17-11-12-22-37-34(42)46-25-28-15-9-6-10-16-28/h5-10,13-16,18-21,30-31H,11-12,17,22-25H2,1-4H3,(H,37,42)(H,38,40)(H,39,43)/t30-,31-/m0/s1. The molecule has 2 atom stereocenters. The summed E-state index contributed by atoms with van der Waals surface area (Å²) < 4.78 is 21.4. The fraction of sp³-hybridized carbons (Fsp3) is 0.389. The average molecular weight is 648 g/mol. The number of carbonyl (C=O) groups excluding carboxylic acids is 4. The highest BCUT2D eigenvalue weighted by Gasteiger charge is 2.29. The number of unbranched alkanes of at least 4 members (excludes halogenated alkanes) is 1. The summed E-state index contributed by atoms with van der Waals surface area (Å²) in [4.78, 5) is 50.7. The lowest BCUT2D eigenvalue weighted by atomic mass is 10.0. The Morgan fingerprint density at radius 3 is 1.91 bits per heavy atom. The summed E-state index contributed by atoms with van der Waals surface area (Å²) in [6.45, 7) is 6.06. The Morgan fingerprint density at radius 1 is 0.702 bits per heavy atom. The Balaban J connectivity index is 1.55. The van der Waals surface area contributed by atoms with Crippen molar-refractivity contribution in [3.05, 3.63) is 102 Å². The zero-order valence-electron chi connectivity index (χ0n) is 27.5. The van der Waals surface area contributed by atoms with Crippen molar-refractivity contribution in [2.45, 2.75) is 77.4 Å². The molecule has 11 heteroatoms. The Labute approximate surface area is 276 Å². The summed E-state index contributed by atoms with van der Waals surface area (Å²) in [7, 11) is 1.24. The highest BCUT2D eigenvalue weighted by molar-refractivity contribution is 5.90. The number of ether oxygens (including phenoxy) is 4. The molecule has 0 spiro atoms. The summed E-state index contributed by atoms with van der Waals surface area (Å²) in [6.07, 6.45) is 0.104. The predicted octanol–water partition coefficient (Wildman–Crippen LogP) is 5.46. The smallest absolute Gasteiger partial charge is 0.408 e. The minimum atomic E-state index is -1.05. The number of rotatable bonds is 16. The first-order valence-electron chi connectivity index (χ1n) is 15.6. The maximum atomic E-state index is 13.5. The highest BCUT2D eigenvalue weighted by Crippen LogP contribution is 2.16. The van der Waals surface area contributed by atoms with E-state index in [1.54, 1.807) is 32.9 Å². The lowest BCUT2D eigenvalue weighted by molar-refractivity contribution is -0.145. The van der Waals surface area contributed by atoms with E-state index in [2.05, 4.69) is 16.0 Å². The van der Waals surface area contributed by atoms with Gasteiger partial charge in [-0.3, -0.25) is 4.79 Å². The van der Waals surface area contributed by atoms with E-state index in [0.29, 0.717) is 31.7 Å². The van der Waals surface area contributed by atoms with Gasteiger partial charge in [0.05, 0.1) is 7.11 Å². The van der Waals surface area contributed by atoms with Gasteiger partial charge in [-0.05, 0) is 68.9 Å². The molecule has 0 fully saturated rings. The molecule has 3 aromatic carbocycles. The molecule has 3 rings (SSSR count). The molecule has 11 nitrogen and oxygen atoms in total. The van der Waals surface area contributed by atoms with E-state index in [1.807, 2.05) is 72.8 Å². The Kier molecular flexibility index (Phi) is 14.6. The number of amides is 3. The van der Waals surface area contributed by atoms with Crippen LogP contribution in [0.4, 0.5) is 9.59 Å². The van der Waals surface area contributed by atoms with Crippen molar-refractivity contribution < 1.29 is 38.1 Å². The van der Waals surface area contributed by atoms with Gasteiger partial charge in [0, 0.05) is 13.0 Å². The van der Waals surface area contributed by atoms with E-state index >= 15 is 0 Å². The fourth-order valence-corrected chi connectivity index (χ4v) is 4.46. The normalized spacial score (nSPS) is 12.2. The summed E-state index contributed by atoms with van der Waals surface area (Å²) in [6, 6.07) is 24.3. The van der Waals surface area contributed by atoms with Gasteiger partial charge >= 0.3 is 18.2 Å². The summed E-state index contributed by atoms with van der Waals surface area (Å²) >= 11 is 0. The molecule has 0 aliphatic rings. The molecule has 3 amide bonds. The topological polar surface area (TPSA) is 141 Å². The van der Waals surface area contributed by atoms with Gasteiger partial charge < -0.3 is 34.9 Å². The quantitative estimate of drug-likeness (QED) is 0.106. The van der Waals surface area contributed by atoms with E-state index in [1.165, 1.54) is 7.11 Å². The minimum Gasteiger partial charge on any atom is -0.489 e. The Bertz CT molecular complexity index is 1410. The van der Waals surface area contributed by atoms with E-state index in [0.717, 1.165) is 16.7 Å². The molecule has 0 bridgehead atoms. The second kappa shape index (κ2) is 18.8. The first-order chi connectivity index (χ1) is 22.5. The van der Waals surface area contributed by atoms with Crippen LogP contribution in [0.5, 0.6) is 5.75 Å².